The molecule has 0 radical (unpaired) electrons. The minimum absolute atomic E-state index is 0.180. The minimum atomic E-state index is 0.180. The first-order valence-electron chi connectivity index (χ1n) is 5.05. The van der Waals surface area contributed by atoms with E-state index in [1.807, 2.05) is 6.07 Å². The molecule has 1 fully saturated rings. The Hall–Kier alpha value is -0.740. The second kappa shape index (κ2) is 3.12. The van der Waals surface area contributed by atoms with Crippen LogP contribution in [0.5, 0.6) is 11.5 Å². The zero-order chi connectivity index (χ0) is 10.5. The maximum Gasteiger partial charge on any atom is 0.231 e. The lowest BCUT2D eigenvalue weighted by Crippen LogP contribution is -2.20. The maximum atomic E-state index is 5.82. The highest BCUT2D eigenvalue weighted by atomic mass is 79.9. The monoisotopic (exact) mass is 269 g/mol. The van der Waals surface area contributed by atoms with Crippen LogP contribution in [0.3, 0.4) is 0 Å². The molecule has 0 bridgehead atoms. The summed E-state index contributed by atoms with van der Waals surface area (Å²) in [5.41, 5.74) is 7.26. The smallest absolute Gasteiger partial charge is 0.231 e. The maximum absolute atomic E-state index is 5.82. The van der Waals surface area contributed by atoms with Crippen LogP contribution in [0.15, 0.2) is 16.6 Å². The van der Waals surface area contributed by atoms with E-state index in [1.165, 1.54) is 18.4 Å². The van der Waals surface area contributed by atoms with Crippen LogP contribution in [0.4, 0.5) is 0 Å². The first-order valence-corrected chi connectivity index (χ1v) is 5.84. The fraction of sp³-hybridized carbons (Fsp3) is 0.455. The fourth-order valence-corrected chi connectivity index (χ4v) is 2.80. The second-order valence-corrected chi connectivity index (χ2v) is 5.02. The van der Waals surface area contributed by atoms with E-state index in [0.29, 0.717) is 13.3 Å². The standard InChI is InChI=1S/C11H12BrNO2/c12-8-4-10-9(14-6-15-10)3-7(8)11(5-13)1-2-11/h3-4H,1-2,5-6,13H2. The van der Waals surface area contributed by atoms with E-state index in [-0.39, 0.29) is 5.41 Å². The van der Waals surface area contributed by atoms with E-state index in [9.17, 15) is 0 Å². The highest BCUT2D eigenvalue weighted by molar-refractivity contribution is 9.10. The van der Waals surface area contributed by atoms with Gasteiger partial charge in [0.15, 0.2) is 11.5 Å². The first kappa shape index (κ1) is 9.48. The van der Waals surface area contributed by atoms with Crippen LogP contribution in [0.25, 0.3) is 0 Å². The van der Waals surface area contributed by atoms with E-state index >= 15 is 0 Å². The molecule has 0 saturated heterocycles. The largest absolute Gasteiger partial charge is 0.454 e. The van der Waals surface area contributed by atoms with E-state index in [2.05, 4.69) is 22.0 Å². The number of hydrogen-bond donors (Lipinski definition) is 1. The number of halogens is 1. The Labute approximate surface area is 96.7 Å². The fourth-order valence-electron chi connectivity index (χ4n) is 2.06. The number of benzene rings is 1. The summed E-state index contributed by atoms with van der Waals surface area (Å²) in [4.78, 5) is 0. The molecule has 4 heteroatoms. The molecule has 2 N–H and O–H groups in total. The van der Waals surface area contributed by atoms with Crippen molar-refractivity contribution in [1.82, 2.24) is 0 Å². The van der Waals surface area contributed by atoms with Crippen LogP contribution in [0, 0.1) is 0 Å². The van der Waals surface area contributed by atoms with Crippen molar-refractivity contribution in [3.05, 3.63) is 22.2 Å². The summed E-state index contributed by atoms with van der Waals surface area (Å²) in [6.45, 7) is 1.02. The predicted octanol–water partition coefficient (Wildman–Crippen LogP) is 2.17. The summed E-state index contributed by atoms with van der Waals surface area (Å²) in [7, 11) is 0. The lowest BCUT2D eigenvalue weighted by atomic mass is 9.96. The van der Waals surface area contributed by atoms with Crippen LogP contribution in [-0.2, 0) is 5.41 Å². The minimum Gasteiger partial charge on any atom is -0.454 e. The van der Waals surface area contributed by atoms with E-state index in [4.69, 9.17) is 15.2 Å². The van der Waals surface area contributed by atoms with Gasteiger partial charge in [-0.05, 0) is 30.5 Å². The van der Waals surface area contributed by atoms with Crippen LogP contribution in [-0.4, -0.2) is 13.3 Å². The van der Waals surface area contributed by atoms with Crippen LogP contribution in [0.1, 0.15) is 18.4 Å². The molecule has 15 heavy (non-hydrogen) atoms. The van der Waals surface area contributed by atoms with Crippen molar-refractivity contribution in [3.8, 4) is 11.5 Å². The molecule has 1 aliphatic carbocycles. The van der Waals surface area contributed by atoms with Gasteiger partial charge in [-0.2, -0.15) is 0 Å². The first-order chi connectivity index (χ1) is 7.25. The molecule has 1 aliphatic heterocycles. The summed E-state index contributed by atoms with van der Waals surface area (Å²) in [5.74, 6) is 1.66. The molecule has 2 aliphatic rings. The predicted molar refractivity (Wildman–Crippen MR) is 60.2 cm³/mol. The van der Waals surface area contributed by atoms with Crippen molar-refractivity contribution in [2.75, 3.05) is 13.3 Å². The van der Waals surface area contributed by atoms with Gasteiger partial charge in [0.05, 0.1) is 0 Å². The molecule has 0 unspecified atom stereocenters. The third kappa shape index (κ3) is 1.35. The quantitative estimate of drug-likeness (QED) is 0.895. The van der Waals surface area contributed by atoms with Gasteiger partial charge >= 0.3 is 0 Å². The van der Waals surface area contributed by atoms with Crippen molar-refractivity contribution >= 4 is 15.9 Å². The molecule has 3 nitrogen and oxygen atoms in total. The van der Waals surface area contributed by atoms with Crippen molar-refractivity contribution in [2.45, 2.75) is 18.3 Å². The van der Waals surface area contributed by atoms with Crippen molar-refractivity contribution in [1.29, 1.82) is 0 Å². The topological polar surface area (TPSA) is 44.5 Å². The van der Waals surface area contributed by atoms with Gasteiger partial charge < -0.3 is 15.2 Å². The molecule has 0 aromatic heterocycles. The zero-order valence-corrected chi connectivity index (χ0v) is 9.84. The second-order valence-electron chi connectivity index (χ2n) is 4.17. The van der Waals surface area contributed by atoms with Crippen LogP contribution in [0.2, 0.25) is 0 Å². The number of nitrogens with two attached hydrogens (primary N) is 1. The molecule has 1 aromatic rings. The van der Waals surface area contributed by atoms with Gasteiger partial charge in [0.2, 0.25) is 6.79 Å². The summed E-state index contributed by atoms with van der Waals surface area (Å²) in [6, 6.07) is 4.04. The molecule has 0 amide bonds. The summed E-state index contributed by atoms with van der Waals surface area (Å²) >= 11 is 3.58. The van der Waals surface area contributed by atoms with Crippen LogP contribution >= 0.6 is 15.9 Å². The Kier molecular flexibility index (Phi) is 1.97. The molecular formula is C11H12BrNO2. The number of rotatable bonds is 2. The Morgan fingerprint density at radius 1 is 1.27 bits per heavy atom. The molecule has 80 valence electrons. The molecule has 0 atom stereocenters. The Morgan fingerprint density at radius 3 is 2.53 bits per heavy atom. The normalized spacial score (nSPS) is 20.4. The lowest BCUT2D eigenvalue weighted by Gasteiger charge is -2.15. The van der Waals surface area contributed by atoms with E-state index in [1.54, 1.807) is 0 Å². The Morgan fingerprint density at radius 2 is 1.93 bits per heavy atom. The SMILES string of the molecule is NCC1(c2cc3c(cc2Br)OCO3)CC1. The average Bonchev–Trinajstić information content (AvgIpc) is 2.91. The van der Waals surface area contributed by atoms with Gasteiger partial charge in [0.25, 0.3) is 0 Å². The Balaban J connectivity index is 2.09. The molecule has 1 heterocycles. The van der Waals surface area contributed by atoms with Gasteiger partial charge in [0, 0.05) is 16.4 Å². The van der Waals surface area contributed by atoms with Crippen LogP contribution < -0.4 is 15.2 Å². The number of ether oxygens (including phenoxy) is 2. The van der Waals surface area contributed by atoms with E-state index in [0.717, 1.165) is 16.0 Å². The third-order valence-electron chi connectivity index (χ3n) is 3.28. The highest BCUT2D eigenvalue weighted by Gasteiger charge is 2.44. The molecule has 1 saturated carbocycles. The summed E-state index contributed by atoms with van der Waals surface area (Å²) in [6.07, 6.45) is 2.34. The number of hydrogen-bond acceptors (Lipinski definition) is 3. The van der Waals surface area contributed by atoms with E-state index < -0.39 is 0 Å². The van der Waals surface area contributed by atoms with Gasteiger partial charge in [-0.3, -0.25) is 0 Å². The summed E-state index contributed by atoms with van der Waals surface area (Å²) < 4.78 is 11.8. The van der Waals surface area contributed by atoms with Crippen molar-refractivity contribution in [2.24, 2.45) is 5.73 Å². The summed E-state index contributed by atoms with van der Waals surface area (Å²) in [5, 5.41) is 0. The molecule has 0 spiro atoms. The molecule has 3 rings (SSSR count). The zero-order valence-electron chi connectivity index (χ0n) is 8.25. The molecule has 1 aromatic carbocycles. The van der Waals surface area contributed by atoms with Crippen molar-refractivity contribution < 1.29 is 9.47 Å². The highest BCUT2D eigenvalue weighted by Crippen LogP contribution is 2.52. The molecular weight excluding hydrogens is 258 g/mol. The average molecular weight is 270 g/mol. The lowest BCUT2D eigenvalue weighted by molar-refractivity contribution is 0.174. The Bertz CT molecular complexity index is 415. The van der Waals surface area contributed by atoms with Crippen molar-refractivity contribution in [3.63, 3.8) is 0 Å². The number of fused-ring (bicyclic) bond motifs is 1. The third-order valence-corrected chi connectivity index (χ3v) is 3.93. The van der Waals surface area contributed by atoms with Gasteiger partial charge in [-0.25, -0.2) is 0 Å². The van der Waals surface area contributed by atoms with Gasteiger partial charge in [-0.15, -0.1) is 0 Å². The van der Waals surface area contributed by atoms with Gasteiger partial charge in [-0.1, -0.05) is 15.9 Å². The van der Waals surface area contributed by atoms with Gasteiger partial charge in [0.1, 0.15) is 0 Å².